The number of para-hydroxylation sites is 1. The lowest BCUT2D eigenvalue weighted by atomic mass is 9.78. The quantitative estimate of drug-likeness (QED) is 0.596. The highest BCUT2D eigenvalue weighted by atomic mass is 16.9. The van der Waals surface area contributed by atoms with Crippen molar-refractivity contribution in [2.75, 3.05) is 11.6 Å². The van der Waals surface area contributed by atoms with Crippen LogP contribution in [-0.4, -0.2) is 24.3 Å². The third-order valence-electron chi connectivity index (χ3n) is 7.11. The summed E-state index contributed by atoms with van der Waals surface area (Å²) in [7, 11) is 0. The number of amides is 1. The van der Waals surface area contributed by atoms with Gasteiger partial charge in [0.05, 0.1) is 29.2 Å². The topological polar surface area (TPSA) is 133 Å². The molecule has 3 heterocycles. The molecule has 0 saturated heterocycles. The van der Waals surface area contributed by atoms with E-state index in [0.717, 1.165) is 31.2 Å². The van der Waals surface area contributed by atoms with Gasteiger partial charge in [-0.1, -0.05) is 18.2 Å². The lowest BCUT2D eigenvalue weighted by Crippen LogP contribution is -2.60. The maximum absolute atomic E-state index is 12.4. The Morgan fingerprint density at radius 2 is 1.97 bits per heavy atom. The van der Waals surface area contributed by atoms with Gasteiger partial charge in [0.1, 0.15) is 0 Å². The lowest BCUT2D eigenvalue weighted by molar-refractivity contribution is -0.274. The average molecular weight is 479 g/mol. The molecule has 4 aliphatic rings. The second-order valence-corrected chi connectivity index (χ2v) is 9.09. The molecule has 6 rings (SSSR count). The van der Waals surface area contributed by atoms with E-state index in [0.29, 0.717) is 29.4 Å². The smallest absolute Gasteiger partial charge is 0.377 e. The van der Waals surface area contributed by atoms with E-state index < -0.39 is 23.3 Å². The summed E-state index contributed by atoms with van der Waals surface area (Å²) < 4.78 is 12.2. The van der Waals surface area contributed by atoms with Gasteiger partial charge in [0.2, 0.25) is 5.91 Å². The third-order valence-corrected chi connectivity index (χ3v) is 7.11. The van der Waals surface area contributed by atoms with Crippen molar-refractivity contribution in [3.63, 3.8) is 0 Å². The van der Waals surface area contributed by atoms with Gasteiger partial charge in [-0.25, -0.2) is 5.01 Å². The fourth-order valence-electron chi connectivity index (χ4n) is 5.62. The van der Waals surface area contributed by atoms with E-state index in [9.17, 15) is 4.79 Å². The zero-order chi connectivity index (χ0) is 24.0. The minimum absolute atomic E-state index is 0.0676. The van der Waals surface area contributed by atoms with Gasteiger partial charge in [0.15, 0.2) is 11.5 Å². The van der Waals surface area contributed by atoms with Crippen LogP contribution in [0.2, 0.25) is 0 Å². The minimum Gasteiger partial charge on any atom is -0.490 e. The molecule has 1 aliphatic carbocycles. The number of rotatable bonds is 8. The van der Waals surface area contributed by atoms with Gasteiger partial charge in [-0.05, 0) is 67.7 Å². The number of ether oxygens (including phenoxy) is 2. The van der Waals surface area contributed by atoms with Crippen LogP contribution in [0, 0.1) is 0 Å². The molecule has 0 spiro atoms. The highest BCUT2D eigenvalue weighted by Gasteiger charge is 2.77. The standard InChI is InChI=1S/C24H26N6O5/c1-2-32-21-13-15(11-12-20(21)33-16-7-3-4-8-16)18(14-22(25)31)23-24(34-28-26-23)17-9-5-6-10-19(17)30(23)27-29-35-24/h5-6,9-13,16,18H,2-4,7-8,14H2,1H3,(H2,25,31). The summed E-state index contributed by atoms with van der Waals surface area (Å²) >= 11 is 0. The van der Waals surface area contributed by atoms with Crippen LogP contribution < -0.4 is 20.2 Å². The van der Waals surface area contributed by atoms with Crippen molar-refractivity contribution in [3.05, 3.63) is 53.6 Å². The Labute approximate surface area is 201 Å². The van der Waals surface area contributed by atoms with Crippen LogP contribution >= 0.6 is 0 Å². The molecule has 2 aromatic rings. The minimum atomic E-state index is -1.52. The van der Waals surface area contributed by atoms with Crippen molar-refractivity contribution >= 4 is 11.6 Å². The van der Waals surface area contributed by atoms with Crippen molar-refractivity contribution in [1.82, 2.24) is 0 Å². The number of hydrogen-bond acceptors (Lipinski definition) is 10. The van der Waals surface area contributed by atoms with E-state index >= 15 is 0 Å². The molecule has 1 fully saturated rings. The van der Waals surface area contributed by atoms with E-state index in [4.69, 9.17) is 24.9 Å². The molecular formula is C24H26N6O5. The molecule has 11 nitrogen and oxygen atoms in total. The second-order valence-electron chi connectivity index (χ2n) is 9.09. The molecule has 1 amide bonds. The second kappa shape index (κ2) is 8.10. The van der Waals surface area contributed by atoms with Gasteiger partial charge < -0.3 is 24.9 Å². The van der Waals surface area contributed by atoms with Crippen molar-refractivity contribution in [2.45, 2.75) is 62.5 Å². The molecule has 3 unspecified atom stereocenters. The summed E-state index contributed by atoms with van der Waals surface area (Å²) in [6.07, 6.45) is 4.47. The molecule has 2 N–H and O–H groups in total. The number of anilines is 1. The van der Waals surface area contributed by atoms with Crippen LogP contribution in [0.1, 0.15) is 56.1 Å². The summed E-state index contributed by atoms with van der Waals surface area (Å²) in [4.78, 5) is 23.9. The molecule has 11 heteroatoms. The van der Waals surface area contributed by atoms with Gasteiger partial charge in [-0.3, -0.25) is 4.79 Å². The summed E-state index contributed by atoms with van der Waals surface area (Å²) in [5.41, 5.74) is 6.47. The third kappa shape index (κ3) is 3.06. The van der Waals surface area contributed by atoms with E-state index in [2.05, 4.69) is 20.9 Å². The number of primary amides is 1. The number of nitrogens with two attached hydrogens (primary N) is 1. The normalized spacial score (nSPS) is 26.6. The summed E-state index contributed by atoms with van der Waals surface area (Å²) in [6, 6.07) is 13.1. The van der Waals surface area contributed by atoms with Crippen LogP contribution in [0.3, 0.4) is 0 Å². The monoisotopic (exact) mass is 478 g/mol. The Bertz CT molecular complexity index is 1210. The maximum Gasteiger partial charge on any atom is 0.377 e. The summed E-state index contributed by atoms with van der Waals surface area (Å²) in [5.74, 6) is -1.43. The number of carbonyl (C=O) groups excluding carboxylic acids is 1. The Balaban J connectivity index is 1.47. The predicted octanol–water partition coefficient (Wildman–Crippen LogP) is 4.44. The zero-order valence-corrected chi connectivity index (χ0v) is 19.3. The van der Waals surface area contributed by atoms with Gasteiger partial charge in [-0.2, -0.15) is 0 Å². The Morgan fingerprint density at radius 3 is 2.77 bits per heavy atom. The van der Waals surface area contributed by atoms with E-state index in [-0.39, 0.29) is 12.5 Å². The molecule has 35 heavy (non-hydrogen) atoms. The molecular weight excluding hydrogens is 452 g/mol. The first kappa shape index (κ1) is 21.6. The molecule has 2 bridgehead atoms. The van der Waals surface area contributed by atoms with Gasteiger partial charge in [0, 0.05) is 17.6 Å². The van der Waals surface area contributed by atoms with Crippen molar-refractivity contribution < 1.29 is 23.9 Å². The SMILES string of the molecule is CCOc1cc(C(CC(N)=O)C23N=NOC24ON=NN3c2ccccc24)ccc1OC1CCCC1. The zero-order valence-electron chi connectivity index (χ0n) is 19.3. The first-order chi connectivity index (χ1) is 17.1. The van der Waals surface area contributed by atoms with Crippen molar-refractivity contribution in [1.29, 1.82) is 0 Å². The predicted molar refractivity (Wildman–Crippen MR) is 122 cm³/mol. The van der Waals surface area contributed by atoms with E-state index in [1.54, 1.807) is 5.01 Å². The number of fused-ring (bicyclic) bond motifs is 2. The Morgan fingerprint density at radius 1 is 1.17 bits per heavy atom. The van der Waals surface area contributed by atoms with Gasteiger partial charge in [0.25, 0.3) is 5.66 Å². The molecule has 2 aromatic carbocycles. The molecule has 182 valence electrons. The molecule has 0 aromatic heterocycles. The first-order valence-corrected chi connectivity index (χ1v) is 11.9. The molecule has 1 saturated carbocycles. The van der Waals surface area contributed by atoms with Crippen LogP contribution in [-0.2, 0) is 20.3 Å². The average Bonchev–Trinajstić information content (AvgIpc) is 3.53. The maximum atomic E-state index is 12.4. The molecule has 0 radical (unpaired) electrons. The van der Waals surface area contributed by atoms with Crippen LogP contribution in [0.25, 0.3) is 0 Å². The lowest BCUT2D eigenvalue weighted by Gasteiger charge is -2.42. The Kier molecular flexibility index (Phi) is 5.01. The number of benzene rings is 2. The van der Waals surface area contributed by atoms with Gasteiger partial charge >= 0.3 is 5.79 Å². The fraction of sp³-hybridized carbons (Fsp3) is 0.458. The Hall–Kier alpha value is -3.89. The molecule has 3 atom stereocenters. The van der Waals surface area contributed by atoms with Crippen LogP contribution in [0.15, 0.2) is 63.4 Å². The largest absolute Gasteiger partial charge is 0.490 e. The van der Waals surface area contributed by atoms with Crippen LogP contribution in [0.5, 0.6) is 11.5 Å². The number of hydrogen-bond donors (Lipinski definition) is 1. The summed E-state index contributed by atoms with van der Waals surface area (Å²) in [5, 5.41) is 18.1. The van der Waals surface area contributed by atoms with Crippen LogP contribution in [0.4, 0.5) is 5.69 Å². The van der Waals surface area contributed by atoms with Gasteiger partial charge in [-0.15, -0.1) is 5.11 Å². The van der Waals surface area contributed by atoms with E-state index in [1.165, 1.54) is 0 Å². The summed E-state index contributed by atoms with van der Waals surface area (Å²) in [6.45, 7) is 2.37. The van der Waals surface area contributed by atoms with E-state index in [1.807, 2.05) is 49.4 Å². The van der Waals surface area contributed by atoms with Crippen molar-refractivity contribution in [3.8, 4) is 11.5 Å². The highest BCUT2D eigenvalue weighted by molar-refractivity contribution is 5.76. The molecule has 3 aliphatic heterocycles. The number of carbonyl (C=O) groups is 1. The first-order valence-electron chi connectivity index (χ1n) is 11.9. The number of nitrogens with zero attached hydrogens (tertiary/aromatic N) is 5. The fourth-order valence-corrected chi connectivity index (χ4v) is 5.62. The highest BCUT2D eigenvalue weighted by Crippen LogP contribution is 2.64. The van der Waals surface area contributed by atoms with Crippen molar-refractivity contribution in [2.24, 2.45) is 26.6 Å².